The lowest BCUT2D eigenvalue weighted by Gasteiger charge is -2.31. The van der Waals surface area contributed by atoms with Crippen LogP contribution in [0.4, 0.5) is 11.4 Å². The minimum Gasteiger partial charge on any atom is -0.454 e. The normalized spacial score (nSPS) is 21.0. The van der Waals surface area contributed by atoms with Crippen molar-refractivity contribution in [1.29, 1.82) is 0 Å². The zero-order valence-electron chi connectivity index (χ0n) is 12.8. The molecule has 2 N–H and O–H groups in total. The first-order chi connectivity index (χ1) is 11.6. The molecule has 0 radical (unpaired) electrons. The number of nitrogens with one attached hydrogen (secondary N) is 2. The molecule has 24 heavy (non-hydrogen) atoms. The van der Waals surface area contributed by atoms with Crippen LogP contribution < -0.4 is 20.1 Å². The molecule has 0 fully saturated rings. The molecule has 0 spiro atoms. The summed E-state index contributed by atoms with van der Waals surface area (Å²) >= 11 is 1.24. The third-order valence-electron chi connectivity index (χ3n) is 3.95. The number of rotatable bonds is 2. The van der Waals surface area contributed by atoms with Gasteiger partial charge in [0.15, 0.2) is 16.2 Å². The van der Waals surface area contributed by atoms with Crippen molar-refractivity contribution in [2.75, 3.05) is 17.4 Å². The van der Waals surface area contributed by atoms with E-state index in [9.17, 15) is 9.59 Å². The van der Waals surface area contributed by atoms with Gasteiger partial charge in [-0.25, -0.2) is 0 Å². The van der Waals surface area contributed by atoms with Crippen LogP contribution >= 0.6 is 11.8 Å². The van der Waals surface area contributed by atoms with E-state index in [0.29, 0.717) is 17.2 Å². The molecule has 122 valence electrons. The van der Waals surface area contributed by atoms with Crippen LogP contribution in [0.3, 0.4) is 0 Å². The van der Waals surface area contributed by atoms with Gasteiger partial charge in [-0.2, -0.15) is 0 Å². The summed E-state index contributed by atoms with van der Waals surface area (Å²) in [6, 6.07) is 12.5. The maximum atomic E-state index is 12.7. The number of carbonyl (C=O) groups excluding carboxylic acids is 2. The predicted molar refractivity (Wildman–Crippen MR) is 90.5 cm³/mol. The summed E-state index contributed by atoms with van der Waals surface area (Å²) in [7, 11) is 0. The fourth-order valence-electron chi connectivity index (χ4n) is 2.54. The van der Waals surface area contributed by atoms with Crippen molar-refractivity contribution in [3.05, 3.63) is 42.5 Å². The third kappa shape index (κ3) is 2.37. The van der Waals surface area contributed by atoms with Crippen LogP contribution in [0.1, 0.15) is 6.92 Å². The Hall–Kier alpha value is -2.67. The van der Waals surface area contributed by atoms with Crippen LogP contribution in [-0.2, 0) is 9.59 Å². The van der Waals surface area contributed by atoms with Gasteiger partial charge in [0, 0.05) is 16.6 Å². The van der Waals surface area contributed by atoms with Crippen molar-refractivity contribution in [3.63, 3.8) is 0 Å². The first-order valence-electron chi connectivity index (χ1n) is 7.37. The zero-order valence-corrected chi connectivity index (χ0v) is 13.6. The van der Waals surface area contributed by atoms with Crippen LogP contribution in [-0.4, -0.2) is 23.4 Å². The van der Waals surface area contributed by atoms with E-state index >= 15 is 0 Å². The maximum absolute atomic E-state index is 12.7. The van der Waals surface area contributed by atoms with Crippen LogP contribution in [0.2, 0.25) is 0 Å². The number of para-hydroxylation sites is 1. The Morgan fingerprint density at radius 1 is 1.21 bits per heavy atom. The summed E-state index contributed by atoms with van der Waals surface area (Å²) in [5, 5.41) is 5.58. The molecular formula is C17H14N2O4S. The van der Waals surface area contributed by atoms with E-state index in [1.807, 2.05) is 24.3 Å². The molecule has 0 saturated heterocycles. The lowest BCUT2D eigenvalue weighted by Crippen LogP contribution is -2.49. The van der Waals surface area contributed by atoms with Crippen LogP contribution in [0, 0.1) is 0 Å². The number of fused-ring (bicyclic) bond motifs is 2. The SMILES string of the molecule is CC1(C(=O)Nc2ccc3c(c2)OCO3)Sc2ccccc2NC1=O. The lowest BCUT2D eigenvalue weighted by atomic mass is 10.1. The first kappa shape index (κ1) is 14.9. The van der Waals surface area contributed by atoms with Crippen LogP contribution in [0.15, 0.2) is 47.4 Å². The molecule has 0 aliphatic carbocycles. The predicted octanol–water partition coefficient (Wildman–Crippen LogP) is 2.86. The lowest BCUT2D eigenvalue weighted by molar-refractivity contribution is -0.126. The van der Waals surface area contributed by atoms with E-state index in [0.717, 1.165) is 10.6 Å². The second-order valence-corrected chi connectivity index (χ2v) is 7.07. The van der Waals surface area contributed by atoms with Gasteiger partial charge in [-0.15, -0.1) is 0 Å². The van der Waals surface area contributed by atoms with E-state index in [1.54, 1.807) is 25.1 Å². The summed E-state index contributed by atoms with van der Waals surface area (Å²) < 4.78 is 9.29. The highest BCUT2D eigenvalue weighted by atomic mass is 32.2. The van der Waals surface area contributed by atoms with Gasteiger partial charge in [0.1, 0.15) is 0 Å². The molecule has 2 aromatic carbocycles. The summed E-state index contributed by atoms with van der Waals surface area (Å²) in [6.45, 7) is 1.78. The van der Waals surface area contributed by atoms with Gasteiger partial charge in [-0.05, 0) is 31.2 Å². The molecule has 1 atom stereocenters. The number of hydrogen-bond acceptors (Lipinski definition) is 5. The Morgan fingerprint density at radius 2 is 2.00 bits per heavy atom. The topological polar surface area (TPSA) is 76.7 Å². The molecule has 6 nitrogen and oxygen atoms in total. The molecule has 2 amide bonds. The number of anilines is 2. The largest absolute Gasteiger partial charge is 0.454 e. The molecule has 1 unspecified atom stereocenters. The minimum atomic E-state index is -1.26. The van der Waals surface area contributed by atoms with Gasteiger partial charge in [0.2, 0.25) is 18.6 Å². The number of ether oxygens (including phenoxy) is 2. The highest BCUT2D eigenvalue weighted by molar-refractivity contribution is 8.02. The standard InChI is InChI=1S/C17H14N2O4S/c1-17(16(21)19-11-4-2-3-5-14(11)24-17)15(20)18-10-6-7-12-13(8-10)23-9-22-12/h2-8H,9H2,1H3,(H,18,20)(H,19,21). The van der Waals surface area contributed by atoms with Gasteiger partial charge in [-0.3, -0.25) is 9.59 Å². The molecule has 0 bridgehead atoms. The molecule has 0 saturated carbocycles. The highest BCUT2D eigenvalue weighted by Gasteiger charge is 2.45. The second-order valence-electron chi connectivity index (χ2n) is 5.61. The van der Waals surface area contributed by atoms with E-state index in [4.69, 9.17) is 9.47 Å². The van der Waals surface area contributed by atoms with Crippen molar-refractivity contribution in [3.8, 4) is 11.5 Å². The Kier molecular flexibility index (Phi) is 3.38. The van der Waals surface area contributed by atoms with Gasteiger partial charge in [0.25, 0.3) is 0 Å². The van der Waals surface area contributed by atoms with Gasteiger partial charge >= 0.3 is 0 Å². The Bertz CT molecular complexity index is 854. The van der Waals surface area contributed by atoms with Crippen molar-refractivity contribution >= 4 is 35.0 Å². The van der Waals surface area contributed by atoms with Crippen molar-refractivity contribution in [1.82, 2.24) is 0 Å². The molecular weight excluding hydrogens is 328 g/mol. The summed E-state index contributed by atoms with van der Waals surface area (Å²) in [4.78, 5) is 26.1. The molecule has 2 aliphatic heterocycles. The minimum absolute atomic E-state index is 0.166. The van der Waals surface area contributed by atoms with E-state index in [-0.39, 0.29) is 12.7 Å². The summed E-state index contributed by atoms with van der Waals surface area (Å²) in [5.74, 6) is 0.477. The van der Waals surface area contributed by atoms with E-state index in [2.05, 4.69) is 10.6 Å². The van der Waals surface area contributed by atoms with Crippen LogP contribution in [0.25, 0.3) is 0 Å². The zero-order chi connectivity index (χ0) is 16.7. The quantitative estimate of drug-likeness (QED) is 0.821. The fourth-order valence-corrected chi connectivity index (χ4v) is 3.64. The Morgan fingerprint density at radius 3 is 2.88 bits per heavy atom. The van der Waals surface area contributed by atoms with E-state index < -0.39 is 10.7 Å². The average Bonchev–Trinajstić information content (AvgIpc) is 3.03. The maximum Gasteiger partial charge on any atom is 0.250 e. The molecule has 2 aliphatic rings. The molecule has 0 aromatic heterocycles. The third-order valence-corrected chi connectivity index (χ3v) is 5.30. The number of hydrogen-bond donors (Lipinski definition) is 2. The monoisotopic (exact) mass is 342 g/mol. The van der Waals surface area contributed by atoms with Gasteiger partial charge in [-0.1, -0.05) is 23.9 Å². The Labute approximate surface area is 142 Å². The van der Waals surface area contributed by atoms with Crippen molar-refractivity contribution in [2.45, 2.75) is 16.6 Å². The molecule has 2 heterocycles. The summed E-state index contributed by atoms with van der Waals surface area (Å²) in [5.41, 5.74) is 1.28. The number of benzene rings is 2. The number of thioether (sulfide) groups is 1. The van der Waals surface area contributed by atoms with Crippen molar-refractivity contribution < 1.29 is 19.1 Å². The van der Waals surface area contributed by atoms with Gasteiger partial charge < -0.3 is 20.1 Å². The summed E-state index contributed by atoms with van der Waals surface area (Å²) in [6.07, 6.45) is 0. The molecule has 7 heteroatoms. The number of carbonyl (C=O) groups is 2. The van der Waals surface area contributed by atoms with E-state index in [1.165, 1.54) is 11.8 Å². The Balaban J connectivity index is 1.58. The molecule has 2 aromatic rings. The smallest absolute Gasteiger partial charge is 0.250 e. The second kappa shape index (κ2) is 5.45. The average molecular weight is 342 g/mol. The molecule has 4 rings (SSSR count). The highest BCUT2D eigenvalue weighted by Crippen LogP contribution is 2.43. The van der Waals surface area contributed by atoms with Crippen LogP contribution in [0.5, 0.6) is 11.5 Å². The first-order valence-corrected chi connectivity index (χ1v) is 8.18. The van der Waals surface area contributed by atoms with Gasteiger partial charge in [0.05, 0.1) is 5.69 Å². The van der Waals surface area contributed by atoms with Crippen molar-refractivity contribution in [2.24, 2.45) is 0 Å². The fraction of sp³-hybridized carbons (Fsp3) is 0.176. The number of amides is 2.